The molecule has 0 bridgehead atoms. The zero-order valence-electron chi connectivity index (χ0n) is 12.4. The SMILES string of the molecule is CC(=O)c1ccc(OCC(=O)Nc2ccc(I)cc2C)cc1. The Labute approximate surface area is 143 Å². The Hall–Kier alpha value is -1.89. The molecule has 0 saturated carbocycles. The van der Waals surface area contributed by atoms with Gasteiger partial charge in [0.1, 0.15) is 5.75 Å². The summed E-state index contributed by atoms with van der Waals surface area (Å²) in [5.74, 6) is 0.331. The van der Waals surface area contributed by atoms with E-state index in [1.165, 1.54) is 6.92 Å². The molecule has 0 saturated heterocycles. The van der Waals surface area contributed by atoms with Crippen molar-refractivity contribution in [1.29, 1.82) is 0 Å². The summed E-state index contributed by atoms with van der Waals surface area (Å²) in [5, 5.41) is 2.82. The Kier molecular flexibility index (Phi) is 5.54. The molecule has 22 heavy (non-hydrogen) atoms. The molecule has 2 rings (SSSR count). The summed E-state index contributed by atoms with van der Waals surface area (Å²) in [4.78, 5) is 23.1. The van der Waals surface area contributed by atoms with Gasteiger partial charge in [-0.05, 0) is 84.5 Å². The minimum absolute atomic E-state index is 0.00141. The number of carbonyl (C=O) groups excluding carboxylic acids is 2. The van der Waals surface area contributed by atoms with E-state index in [2.05, 4.69) is 27.9 Å². The van der Waals surface area contributed by atoms with Crippen molar-refractivity contribution < 1.29 is 14.3 Å². The van der Waals surface area contributed by atoms with E-state index in [4.69, 9.17) is 4.74 Å². The Morgan fingerprint density at radius 3 is 2.41 bits per heavy atom. The summed E-state index contributed by atoms with van der Waals surface area (Å²) in [6.07, 6.45) is 0. The first-order chi connectivity index (χ1) is 10.5. The Morgan fingerprint density at radius 1 is 1.14 bits per heavy atom. The topological polar surface area (TPSA) is 55.4 Å². The van der Waals surface area contributed by atoms with Crippen LogP contribution in [-0.4, -0.2) is 18.3 Å². The smallest absolute Gasteiger partial charge is 0.262 e. The van der Waals surface area contributed by atoms with Gasteiger partial charge in [-0.2, -0.15) is 0 Å². The van der Waals surface area contributed by atoms with Crippen LogP contribution in [0, 0.1) is 10.5 Å². The summed E-state index contributed by atoms with van der Waals surface area (Å²) >= 11 is 2.23. The van der Waals surface area contributed by atoms with Crippen molar-refractivity contribution in [2.45, 2.75) is 13.8 Å². The molecular formula is C17H16INO3. The lowest BCUT2D eigenvalue weighted by Crippen LogP contribution is -2.20. The fraction of sp³-hybridized carbons (Fsp3) is 0.176. The maximum atomic E-state index is 11.9. The van der Waals surface area contributed by atoms with E-state index >= 15 is 0 Å². The third kappa shape index (κ3) is 4.56. The fourth-order valence-corrected chi connectivity index (χ4v) is 2.54. The molecule has 2 aromatic carbocycles. The number of aryl methyl sites for hydroxylation is 1. The molecule has 0 heterocycles. The molecule has 0 spiro atoms. The van der Waals surface area contributed by atoms with Gasteiger partial charge in [-0.15, -0.1) is 0 Å². The number of amides is 1. The molecule has 0 aromatic heterocycles. The lowest BCUT2D eigenvalue weighted by molar-refractivity contribution is -0.118. The van der Waals surface area contributed by atoms with Gasteiger partial charge in [-0.25, -0.2) is 0 Å². The van der Waals surface area contributed by atoms with Crippen molar-refractivity contribution >= 4 is 40.0 Å². The number of rotatable bonds is 5. The van der Waals surface area contributed by atoms with Crippen LogP contribution in [0.3, 0.4) is 0 Å². The summed E-state index contributed by atoms with van der Waals surface area (Å²) in [5.41, 5.74) is 2.40. The molecule has 0 unspecified atom stereocenters. The number of halogens is 1. The first kappa shape index (κ1) is 16.5. The number of ether oxygens (including phenoxy) is 1. The van der Waals surface area contributed by atoms with E-state index in [-0.39, 0.29) is 18.3 Å². The fourth-order valence-electron chi connectivity index (χ4n) is 1.89. The summed E-state index contributed by atoms with van der Waals surface area (Å²) in [6, 6.07) is 12.5. The number of hydrogen-bond acceptors (Lipinski definition) is 3. The zero-order chi connectivity index (χ0) is 16.1. The van der Waals surface area contributed by atoms with Gasteiger partial charge in [-0.1, -0.05) is 0 Å². The van der Waals surface area contributed by atoms with Crippen molar-refractivity contribution in [3.63, 3.8) is 0 Å². The molecule has 1 N–H and O–H groups in total. The standard InChI is InChI=1S/C17H16INO3/c1-11-9-14(18)5-8-16(11)19-17(21)10-22-15-6-3-13(4-7-15)12(2)20/h3-9H,10H2,1-2H3,(H,19,21). The minimum Gasteiger partial charge on any atom is -0.484 e. The van der Waals surface area contributed by atoms with Crippen LogP contribution in [0.15, 0.2) is 42.5 Å². The third-order valence-electron chi connectivity index (χ3n) is 3.09. The van der Waals surface area contributed by atoms with Crippen LogP contribution in [0.1, 0.15) is 22.8 Å². The normalized spacial score (nSPS) is 10.1. The van der Waals surface area contributed by atoms with Crippen LogP contribution >= 0.6 is 22.6 Å². The first-order valence-corrected chi connectivity index (χ1v) is 7.83. The van der Waals surface area contributed by atoms with Gasteiger partial charge in [0.05, 0.1) is 0 Å². The van der Waals surface area contributed by atoms with Gasteiger partial charge < -0.3 is 10.1 Å². The second-order valence-electron chi connectivity index (χ2n) is 4.88. The van der Waals surface area contributed by atoms with Crippen LogP contribution < -0.4 is 10.1 Å². The number of hydrogen-bond donors (Lipinski definition) is 1. The van der Waals surface area contributed by atoms with Crippen molar-refractivity contribution in [2.24, 2.45) is 0 Å². The Balaban J connectivity index is 1.91. The second kappa shape index (κ2) is 7.40. The number of ketones is 1. The molecule has 0 aliphatic carbocycles. The van der Waals surface area contributed by atoms with Crippen LogP contribution in [0.2, 0.25) is 0 Å². The lowest BCUT2D eigenvalue weighted by Gasteiger charge is -2.10. The van der Waals surface area contributed by atoms with Gasteiger partial charge in [0.15, 0.2) is 12.4 Å². The average molecular weight is 409 g/mol. The van der Waals surface area contributed by atoms with Crippen LogP contribution in [0.5, 0.6) is 5.75 Å². The van der Waals surface area contributed by atoms with Gasteiger partial charge in [0.25, 0.3) is 5.91 Å². The number of Topliss-reactive ketones (excluding diaryl/α,β-unsaturated/α-hetero) is 1. The maximum absolute atomic E-state index is 11.9. The number of carbonyl (C=O) groups is 2. The van der Waals surface area contributed by atoms with Crippen molar-refractivity contribution in [2.75, 3.05) is 11.9 Å². The zero-order valence-corrected chi connectivity index (χ0v) is 14.5. The van der Waals surface area contributed by atoms with Gasteiger partial charge in [0.2, 0.25) is 0 Å². The Bertz CT molecular complexity index is 696. The summed E-state index contributed by atoms with van der Waals surface area (Å²) in [6.45, 7) is 3.37. The number of benzene rings is 2. The average Bonchev–Trinajstić information content (AvgIpc) is 2.48. The predicted octanol–water partition coefficient (Wildman–Crippen LogP) is 3.82. The monoisotopic (exact) mass is 409 g/mol. The molecule has 0 fully saturated rings. The quantitative estimate of drug-likeness (QED) is 0.604. The molecular weight excluding hydrogens is 393 g/mol. The molecule has 0 radical (unpaired) electrons. The molecule has 0 atom stereocenters. The highest BCUT2D eigenvalue weighted by molar-refractivity contribution is 14.1. The first-order valence-electron chi connectivity index (χ1n) is 6.75. The maximum Gasteiger partial charge on any atom is 0.262 e. The second-order valence-corrected chi connectivity index (χ2v) is 6.12. The summed E-state index contributed by atoms with van der Waals surface area (Å²) < 4.78 is 6.53. The molecule has 5 heteroatoms. The van der Waals surface area contributed by atoms with E-state index in [0.29, 0.717) is 11.3 Å². The highest BCUT2D eigenvalue weighted by Gasteiger charge is 2.06. The highest BCUT2D eigenvalue weighted by atomic mass is 127. The van der Waals surface area contributed by atoms with Crippen molar-refractivity contribution in [3.05, 3.63) is 57.2 Å². The number of anilines is 1. The van der Waals surface area contributed by atoms with Gasteiger partial charge in [0, 0.05) is 14.8 Å². The Morgan fingerprint density at radius 2 is 1.82 bits per heavy atom. The van der Waals surface area contributed by atoms with E-state index in [0.717, 1.165) is 14.8 Å². The summed E-state index contributed by atoms with van der Waals surface area (Å²) in [7, 11) is 0. The van der Waals surface area contributed by atoms with Crippen molar-refractivity contribution in [1.82, 2.24) is 0 Å². The van der Waals surface area contributed by atoms with E-state index in [9.17, 15) is 9.59 Å². The molecule has 114 valence electrons. The number of nitrogens with one attached hydrogen (secondary N) is 1. The van der Waals surface area contributed by atoms with Crippen LogP contribution in [-0.2, 0) is 4.79 Å². The molecule has 0 aliphatic heterocycles. The van der Waals surface area contributed by atoms with Crippen molar-refractivity contribution in [3.8, 4) is 5.75 Å². The largest absolute Gasteiger partial charge is 0.484 e. The van der Waals surface area contributed by atoms with Gasteiger partial charge >= 0.3 is 0 Å². The van der Waals surface area contributed by atoms with E-state index in [1.807, 2.05) is 25.1 Å². The molecule has 1 amide bonds. The van der Waals surface area contributed by atoms with E-state index in [1.54, 1.807) is 24.3 Å². The molecule has 4 nitrogen and oxygen atoms in total. The third-order valence-corrected chi connectivity index (χ3v) is 3.76. The van der Waals surface area contributed by atoms with Gasteiger partial charge in [-0.3, -0.25) is 9.59 Å². The predicted molar refractivity (Wildman–Crippen MR) is 94.5 cm³/mol. The molecule has 0 aliphatic rings. The minimum atomic E-state index is -0.222. The molecule has 2 aromatic rings. The highest BCUT2D eigenvalue weighted by Crippen LogP contribution is 2.18. The lowest BCUT2D eigenvalue weighted by atomic mass is 10.1. The van der Waals surface area contributed by atoms with E-state index < -0.39 is 0 Å². The van der Waals surface area contributed by atoms with Crippen LogP contribution in [0.4, 0.5) is 5.69 Å². The van der Waals surface area contributed by atoms with Crippen LogP contribution in [0.25, 0.3) is 0 Å².